The molecule has 0 aliphatic rings. The summed E-state index contributed by atoms with van der Waals surface area (Å²) in [5.41, 5.74) is 0.143. The Balaban J connectivity index is 3.17. The zero-order valence-electron chi connectivity index (χ0n) is 13.7. The lowest BCUT2D eigenvalue weighted by Crippen LogP contribution is -2.56. The van der Waals surface area contributed by atoms with Crippen LogP contribution >= 0.6 is 0 Å². The Labute approximate surface area is 128 Å². The lowest BCUT2D eigenvalue weighted by Gasteiger charge is -2.36. The van der Waals surface area contributed by atoms with E-state index in [0.29, 0.717) is 6.54 Å². The maximum absolute atomic E-state index is 12.6. The Morgan fingerprint density at radius 3 is 2.43 bits per heavy atom. The second kappa shape index (κ2) is 8.80. The molecule has 0 bridgehead atoms. The summed E-state index contributed by atoms with van der Waals surface area (Å²) in [5.74, 6) is -0.231. The monoisotopic (exact) mass is 292 g/mol. The molecule has 1 unspecified atom stereocenters. The third kappa shape index (κ3) is 4.55. The number of hydrogen-bond donors (Lipinski definition) is 1. The number of likely N-dealkylation sites (N-methyl/N-ethyl adjacent to an activating group) is 1. The molecule has 0 heterocycles. The van der Waals surface area contributed by atoms with Gasteiger partial charge in [0.1, 0.15) is 0 Å². The largest absolute Gasteiger partial charge is 0.467 e. The van der Waals surface area contributed by atoms with Crippen molar-refractivity contribution in [3.63, 3.8) is 0 Å². The summed E-state index contributed by atoms with van der Waals surface area (Å²) in [5, 5.41) is 3.42. The smallest absolute Gasteiger partial charge is 0.332 e. The van der Waals surface area contributed by atoms with Gasteiger partial charge in [-0.05, 0) is 38.5 Å². The van der Waals surface area contributed by atoms with Gasteiger partial charge in [0.15, 0.2) is 5.54 Å². The second-order valence-electron chi connectivity index (χ2n) is 5.43. The molecule has 1 rings (SSSR count). The summed E-state index contributed by atoms with van der Waals surface area (Å²) in [6.45, 7) is 6.54. The molecule has 0 fully saturated rings. The summed E-state index contributed by atoms with van der Waals surface area (Å²) in [7, 11) is 3.49. The number of hydrogen-bond acceptors (Lipinski definition) is 4. The van der Waals surface area contributed by atoms with Crippen molar-refractivity contribution in [2.24, 2.45) is 0 Å². The zero-order chi connectivity index (χ0) is 15.7. The van der Waals surface area contributed by atoms with Crippen LogP contribution in [0.25, 0.3) is 0 Å². The minimum atomic E-state index is -0.810. The number of nitrogens with one attached hydrogen (secondary N) is 1. The quantitative estimate of drug-likeness (QED) is 0.710. The fraction of sp³-hybridized carbons (Fsp3) is 0.588. The predicted octanol–water partition coefficient (Wildman–Crippen LogP) is 2.40. The molecule has 0 aliphatic carbocycles. The lowest BCUT2D eigenvalue weighted by atomic mass is 9.88. The van der Waals surface area contributed by atoms with Crippen LogP contribution in [0.3, 0.4) is 0 Å². The highest BCUT2D eigenvalue weighted by Gasteiger charge is 2.41. The van der Waals surface area contributed by atoms with E-state index in [-0.39, 0.29) is 5.97 Å². The topological polar surface area (TPSA) is 41.6 Å². The predicted molar refractivity (Wildman–Crippen MR) is 86.2 cm³/mol. The Morgan fingerprint density at radius 1 is 1.24 bits per heavy atom. The Kier molecular flexibility index (Phi) is 7.40. The summed E-state index contributed by atoms with van der Waals surface area (Å²) in [4.78, 5) is 14.7. The van der Waals surface area contributed by atoms with Gasteiger partial charge in [-0.15, -0.1) is 0 Å². The number of nitrogens with zero attached hydrogens (tertiary/aromatic N) is 1. The van der Waals surface area contributed by atoms with E-state index in [2.05, 4.69) is 24.1 Å². The molecule has 1 atom stereocenters. The second-order valence-corrected chi connectivity index (χ2v) is 5.43. The first kappa shape index (κ1) is 17.7. The van der Waals surface area contributed by atoms with Crippen molar-refractivity contribution >= 4 is 5.97 Å². The highest BCUT2D eigenvalue weighted by molar-refractivity contribution is 5.83. The van der Waals surface area contributed by atoms with E-state index < -0.39 is 5.54 Å². The number of rotatable bonds is 9. The first-order valence-electron chi connectivity index (χ1n) is 7.68. The van der Waals surface area contributed by atoms with Gasteiger partial charge in [-0.1, -0.05) is 44.2 Å². The Hall–Kier alpha value is -1.39. The average Bonchev–Trinajstić information content (AvgIpc) is 2.51. The molecular formula is C17H28N2O2. The number of benzene rings is 1. The molecule has 0 spiro atoms. The van der Waals surface area contributed by atoms with Gasteiger partial charge in [-0.25, -0.2) is 4.79 Å². The molecule has 0 saturated heterocycles. The van der Waals surface area contributed by atoms with Gasteiger partial charge >= 0.3 is 5.97 Å². The highest BCUT2D eigenvalue weighted by Crippen LogP contribution is 2.24. The van der Waals surface area contributed by atoms with Crippen LogP contribution in [0.4, 0.5) is 0 Å². The molecule has 0 amide bonds. The minimum absolute atomic E-state index is 0.231. The minimum Gasteiger partial charge on any atom is -0.467 e. The van der Waals surface area contributed by atoms with Crippen LogP contribution in [-0.4, -0.2) is 44.7 Å². The van der Waals surface area contributed by atoms with Gasteiger partial charge in [-0.3, -0.25) is 5.32 Å². The molecular weight excluding hydrogens is 264 g/mol. The van der Waals surface area contributed by atoms with Crippen molar-refractivity contribution < 1.29 is 9.53 Å². The van der Waals surface area contributed by atoms with E-state index in [0.717, 1.165) is 31.5 Å². The van der Waals surface area contributed by atoms with Crippen LogP contribution in [0.15, 0.2) is 30.3 Å². The van der Waals surface area contributed by atoms with Gasteiger partial charge in [0.2, 0.25) is 0 Å². The van der Waals surface area contributed by atoms with Crippen LogP contribution in [0.1, 0.15) is 32.3 Å². The fourth-order valence-electron chi connectivity index (χ4n) is 2.60. The zero-order valence-corrected chi connectivity index (χ0v) is 13.7. The van der Waals surface area contributed by atoms with E-state index in [1.807, 2.05) is 37.4 Å². The van der Waals surface area contributed by atoms with Crippen LogP contribution in [0.2, 0.25) is 0 Å². The molecule has 1 aromatic rings. The molecule has 0 aliphatic heterocycles. The lowest BCUT2D eigenvalue weighted by molar-refractivity contribution is -0.150. The average molecular weight is 292 g/mol. The van der Waals surface area contributed by atoms with Crippen LogP contribution in [-0.2, 0) is 15.1 Å². The third-order valence-electron chi connectivity index (χ3n) is 3.59. The van der Waals surface area contributed by atoms with Gasteiger partial charge in [-0.2, -0.15) is 0 Å². The Morgan fingerprint density at radius 2 is 1.90 bits per heavy atom. The van der Waals surface area contributed by atoms with E-state index >= 15 is 0 Å². The standard InChI is InChI=1S/C17H28N2O2/c1-5-12-18-17(16(20)21-4,14-19(3)13-6-2)15-10-8-7-9-11-15/h7-11,18H,5-6,12-14H2,1-4H3. The fourth-order valence-corrected chi connectivity index (χ4v) is 2.60. The maximum atomic E-state index is 12.6. The first-order chi connectivity index (χ1) is 10.1. The molecule has 4 nitrogen and oxygen atoms in total. The number of esters is 1. The van der Waals surface area contributed by atoms with Crippen LogP contribution in [0.5, 0.6) is 0 Å². The summed E-state index contributed by atoms with van der Waals surface area (Å²) in [6, 6.07) is 9.85. The van der Waals surface area contributed by atoms with Crippen molar-refractivity contribution in [2.75, 3.05) is 33.8 Å². The summed E-state index contributed by atoms with van der Waals surface area (Å²) in [6.07, 6.45) is 2.01. The Bertz CT molecular complexity index is 422. The van der Waals surface area contributed by atoms with Gasteiger partial charge in [0.25, 0.3) is 0 Å². The van der Waals surface area contributed by atoms with Crippen molar-refractivity contribution in [3.05, 3.63) is 35.9 Å². The van der Waals surface area contributed by atoms with Crippen LogP contribution < -0.4 is 5.32 Å². The SMILES string of the molecule is CCCNC(CN(C)CCC)(C(=O)OC)c1ccccc1. The number of carbonyl (C=O) groups is 1. The normalized spacial score (nSPS) is 14.0. The van der Waals surface area contributed by atoms with E-state index in [9.17, 15) is 4.79 Å². The molecule has 0 radical (unpaired) electrons. The first-order valence-corrected chi connectivity index (χ1v) is 7.68. The summed E-state index contributed by atoms with van der Waals surface area (Å²) < 4.78 is 5.12. The highest BCUT2D eigenvalue weighted by atomic mass is 16.5. The molecule has 1 aromatic carbocycles. The van der Waals surface area contributed by atoms with Crippen molar-refractivity contribution in [1.82, 2.24) is 10.2 Å². The van der Waals surface area contributed by atoms with Gasteiger partial charge in [0, 0.05) is 6.54 Å². The summed E-state index contributed by atoms with van der Waals surface area (Å²) >= 11 is 0. The van der Waals surface area contributed by atoms with Crippen LogP contribution in [0, 0.1) is 0 Å². The molecule has 4 heteroatoms. The molecule has 1 N–H and O–H groups in total. The van der Waals surface area contributed by atoms with Gasteiger partial charge < -0.3 is 9.64 Å². The van der Waals surface area contributed by atoms with Crippen molar-refractivity contribution in [2.45, 2.75) is 32.2 Å². The van der Waals surface area contributed by atoms with Gasteiger partial charge in [0.05, 0.1) is 7.11 Å². The third-order valence-corrected chi connectivity index (χ3v) is 3.59. The molecule has 21 heavy (non-hydrogen) atoms. The van der Waals surface area contributed by atoms with E-state index in [1.165, 1.54) is 7.11 Å². The molecule has 0 saturated carbocycles. The number of methoxy groups -OCH3 is 1. The van der Waals surface area contributed by atoms with E-state index in [4.69, 9.17) is 4.74 Å². The molecule has 0 aromatic heterocycles. The maximum Gasteiger partial charge on any atom is 0.332 e. The van der Waals surface area contributed by atoms with Crippen molar-refractivity contribution in [3.8, 4) is 0 Å². The number of ether oxygens (including phenoxy) is 1. The molecule has 118 valence electrons. The number of carbonyl (C=O) groups excluding carboxylic acids is 1. The van der Waals surface area contributed by atoms with E-state index in [1.54, 1.807) is 0 Å². The van der Waals surface area contributed by atoms with Crippen molar-refractivity contribution in [1.29, 1.82) is 0 Å².